The molecule has 0 radical (unpaired) electrons. The second-order valence-electron chi connectivity index (χ2n) is 9.54. The van der Waals surface area contributed by atoms with Gasteiger partial charge in [0.1, 0.15) is 0 Å². The van der Waals surface area contributed by atoms with E-state index in [2.05, 4.69) is 25.4 Å². The van der Waals surface area contributed by atoms with Crippen LogP contribution in [0.5, 0.6) is 0 Å². The third-order valence-corrected chi connectivity index (χ3v) is 6.84. The highest BCUT2D eigenvalue weighted by Gasteiger charge is 2.47. The summed E-state index contributed by atoms with van der Waals surface area (Å²) in [6.07, 6.45) is 1.29. The SMILES string of the molecule is O=C(NCc1cncc(C(F)(F)F)c1)C1(CC2CC2)CCN(Cc2ccc3n[nH]c(F)c3c2)C1. The lowest BCUT2D eigenvalue weighted by Crippen LogP contribution is -2.43. The van der Waals surface area contributed by atoms with E-state index in [1.165, 1.54) is 6.20 Å². The molecule has 0 spiro atoms. The molecular formula is C24H25F4N5O. The van der Waals surface area contributed by atoms with E-state index >= 15 is 0 Å². The van der Waals surface area contributed by atoms with Gasteiger partial charge in [0.15, 0.2) is 0 Å². The number of aromatic amines is 1. The number of nitrogens with one attached hydrogen (secondary N) is 2. The zero-order chi connectivity index (χ0) is 23.9. The van der Waals surface area contributed by atoms with Gasteiger partial charge in [0.2, 0.25) is 11.9 Å². The summed E-state index contributed by atoms with van der Waals surface area (Å²) in [4.78, 5) is 19.2. The van der Waals surface area contributed by atoms with Crippen molar-refractivity contribution in [1.82, 2.24) is 25.4 Å². The number of nitrogens with zero attached hydrogens (tertiary/aromatic N) is 3. The molecule has 2 fully saturated rings. The number of alkyl halides is 3. The largest absolute Gasteiger partial charge is 0.417 e. The number of fused-ring (bicyclic) bond motifs is 1. The zero-order valence-corrected chi connectivity index (χ0v) is 18.5. The molecule has 5 rings (SSSR count). The second-order valence-corrected chi connectivity index (χ2v) is 9.54. The zero-order valence-electron chi connectivity index (χ0n) is 18.5. The molecule has 1 saturated heterocycles. The number of hydrogen-bond acceptors (Lipinski definition) is 4. The third-order valence-electron chi connectivity index (χ3n) is 6.84. The van der Waals surface area contributed by atoms with Crippen LogP contribution in [0.3, 0.4) is 0 Å². The summed E-state index contributed by atoms with van der Waals surface area (Å²) in [5.74, 6) is -0.0854. The molecule has 1 aliphatic carbocycles. The molecule has 1 aromatic carbocycles. The van der Waals surface area contributed by atoms with Gasteiger partial charge in [0.25, 0.3) is 0 Å². The summed E-state index contributed by atoms with van der Waals surface area (Å²) in [7, 11) is 0. The Balaban J connectivity index is 1.27. The molecule has 1 atom stereocenters. The van der Waals surface area contributed by atoms with Gasteiger partial charge in [-0.2, -0.15) is 22.7 Å². The van der Waals surface area contributed by atoms with Crippen molar-refractivity contribution < 1.29 is 22.4 Å². The maximum Gasteiger partial charge on any atom is 0.417 e. The number of benzene rings is 1. The average Bonchev–Trinajstić information content (AvgIpc) is 3.41. The van der Waals surface area contributed by atoms with Crippen molar-refractivity contribution in [2.24, 2.45) is 11.3 Å². The fourth-order valence-corrected chi connectivity index (χ4v) is 4.90. The highest BCUT2D eigenvalue weighted by Crippen LogP contribution is 2.45. The van der Waals surface area contributed by atoms with E-state index in [1.54, 1.807) is 12.1 Å². The topological polar surface area (TPSA) is 73.9 Å². The van der Waals surface area contributed by atoms with Gasteiger partial charge < -0.3 is 5.32 Å². The van der Waals surface area contributed by atoms with Crippen molar-refractivity contribution in [3.05, 3.63) is 59.3 Å². The summed E-state index contributed by atoms with van der Waals surface area (Å²) >= 11 is 0. The average molecular weight is 475 g/mol. The predicted octanol–water partition coefficient (Wildman–Crippen LogP) is 4.42. The maximum atomic E-state index is 13.9. The molecule has 1 aliphatic heterocycles. The van der Waals surface area contributed by atoms with Crippen LogP contribution in [-0.4, -0.2) is 39.1 Å². The van der Waals surface area contributed by atoms with Crippen molar-refractivity contribution in [2.45, 2.75) is 44.9 Å². The standard InChI is InChI=1S/C24H25F4N5O/c25-21-19-8-16(3-4-20(19)31-32-21)13-33-6-5-23(14-33,9-15-1-2-15)22(34)30-11-17-7-18(12-29-10-17)24(26,27)28/h3-4,7-8,10,12,15H,1-2,5-6,9,11,13-14H2,(H,30,34)(H,31,32). The lowest BCUT2D eigenvalue weighted by molar-refractivity contribution is -0.137. The molecule has 0 bridgehead atoms. The van der Waals surface area contributed by atoms with Crippen LogP contribution in [0.4, 0.5) is 17.6 Å². The number of halogens is 4. The Hall–Kier alpha value is -3.01. The van der Waals surface area contributed by atoms with Gasteiger partial charge in [-0.1, -0.05) is 18.9 Å². The van der Waals surface area contributed by atoms with E-state index < -0.39 is 23.1 Å². The van der Waals surface area contributed by atoms with Gasteiger partial charge in [0, 0.05) is 32.0 Å². The van der Waals surface area contributed by atoms with Crippen LogP contribution in [-0.2, 0) is 24.1 Å². The number of likely N-dealkylation sites (tertiary alicyclic amines) is 1. The van der Waals surface area contributed by atoms with Gasteiger partial charge in [-0.3, -0.25) is 19.8 Å². The molecule has 2 aliphatic rings. The maximum absolute atomic E-state index is 13.9. The Morgan fingerprint density at radius 3 is 2.79 bits per heavy atom. The number of carbonyl (C=O) groups is 1. The molecule has 34 heavy (non-hydrogen) atoms. The Morgan fingerprint density at radius 2 is 2.03 bits per heavy atom. The fraction of sp³-hybridized carbons (Fsp3) is 0.458. The molecule has 2 N–H and O–H groups in total. The first-order chi connectivity index (χ1) is 16.2. The number of H-pyrrole nitrogens is 1. The number of aromatic nitrogens is 3. The first-order valence-corrected chi connectivity index (χ1v) is 11.4. The Morgan fingerprint density at radius 1 is 1.21 bits per heavy atom. The minimum Gasteiger partial charge on any atom is -0.351 e. The first kappa shape index (κ1) is 22.8. The Labute approximate surface area is 193 Å². The van der Waals surface area contributed by atoms with Gasteiger partial charge in [-0.05, 0) is 54.6 Å². The number of pyridine rings is 1. The molecule has 1 unspecified atom stereocenters. The van der Waals surface area contributed by atoms with Gasteiger partial charge >= 0.3 is 6.18 Å². The first-order valence-electron chi connectivity index (χ1n) is 11.4. The van der Waals surface area contributed by atoms with Crippen LogP contribution < -0.4 is 5.32 Å². The van der Waals surface area contributed by atoms with Crippen LogP contribution in [0.15, 0.2) is 36.7 Å². The van der Waals surface area contributed by atoms with E-state index in [4.69, 9.17) is 0 Å². The molecule has 180 valence electrons. The van der Waals surface area contributed by atoms with Crippen LogP contribution >= 0.6 is 0 Å². The van der Waals surface area contributed by atoms with Crippen molar-refractivity contribution >= 4 is 16.8 Å². The third kappa shape index (κ3) is 4.77. The number of carbonyl (C=O) groups excluding carboxylic acids is 1. The summed E-state index contributed by atoms with van der Waals surface area (Å²) < 4.78 is 52.8. The number of rotatable bonds is 7. The smallest absolute Gasteiger partial charge is 0.351 e. The fourth-order valence-electron chi connectivity index (χ4n) is 4.90. The summed E-state index contributed by atoms with van der Waals surface area (Å²) in [5.41, 5.74) is 0.404. The minimum atomic E-state index is -4.48. The van der Waals surface area contributed by atoms with Gasteiger partial charge in [-0.25, -0.2) is 0 Å². The van der Waals surface area contributed by atoms with Crippen LogP contribution in [0.1, 0.15) is 42.4 Å². The Bertz CT molecular complexity index is 1210. The lowest BCUT2D eigenvalue weighted by atomic mass is 9.80. The van der Waals surface area contributed by atoms with Crippen LogP contribution in [0, 0.1) is 17.3 Å². The minimum absolute atomic E-state index is 0.00139. The van der Waals surface area contributed by atoms with Crippen molar-refractivity contribution in [2.75, 3.05) is 13.1 Å². The van der Waals surface area contributed by atoms with E-state index in [1.807, 2.05) is 6.07 Å². The van der Waals surface area contributed by atoms with E-state index in [0.717, 1.165) is 43.6 Å². The number of amides is 1. The van der Waals surface area contributed by atoms with Crippen molar-refractivity contribution in [3.8, 4) is 0 Å². The van der Waals surface area contributed by atoms with E-state index in [-0.39, 0.29) is 12.5 Å². The van der Waals surface area contributed by atoms with Gasteiger partial charge in [0.05, 0.1) is 21.9 Å². The molecule has 3 heterocycles. The monoisotopic (exact) mass is 475 g/mol. The second kappa shape index (κ2) is 8.65. The summed E-state index contributed by atoms with van der Waals surface area (Å²) in [6.45, 7) is 1.86. The molecule has 1 amide bonds. The van der Waals surface area contributed by atoms with E-state index in [0.29, 0.717) is 41.9 Å². The summed E-state index contributed by atoms with van der Waals surface area (Å²) in [5, 5.41) is 9.56. The van der Waals surface area contributed by atoms with Crippen molar-refractivity contribution in [3.63, 3.8) is 0 Å². The number of hydrogen-bond donors (Lipinski definition) is 2. The van der Waals surface area contributed by atoms with Gasteiger partial charge in [-0.15, -0.1) is 0 Å². The van der Waals surface area contributed by atoms with Crippen molar-refractivity contribution in [1.29, 1.82) is 0 Å². The Kier molecular flexibility index (Phi) is 5.79. The molecule has 10 heteroatoms. The van der Waals surface area contributed by atoms with Crippen LogP contribution in [0.2, 0.25) is 0 Å². The molecule has 6 nitrogen and oxygen atoms in total. The summed E-state index contributed by atoms with van der Waals surface area (Å²) in [6, 6.07) is 6.47. The van der Waals surface area contributed by atoms with Crippen LogP contribution in [0.25, 0.3) is 10.9 Å². The highest BCUT2D eigenvalue weighted by atomic mass is 19.4. The van der Waals surface area contributed by atoms with E-state index in [9.17, 15) is 22.4 Å². The quantitative estimate of drug-likeness (QED) is 0.496. The highest BCUT2D eigenvalue weighted by molar-refractivity contribution is 5.83. The molecule has 3 aromatic rings. The molecular weight excluding hydrogens is 450 g/mol. The normalized spacial score (nSPS) is 21.3. The molecule has 1 saturated carbocycles. The lowest BCUT2D eigenvalue weighted by Gasteiger charge is -2.28. The molecule has 2 aromatic heterocycles. The predicted molar refractivity (Wildman–Crippen MR) is 117 cm³/mol.